The Hall–Kier alpha value is -1.95. The molecule has 1 heterocycles. The summed E-state index contributed by atoms with van der Waals surface area (Å²) in [4.78, 5) is 12.8. The summed E-state index contributed by atoms with van der Waals surface area (Å²) in [6.45, 7) is 3.25. The predicted octanol–water partition coefficient (Wildman–Crippen LogP) is 0.819. The number of ether oxygens (including phenoxy) is 2. The van der Waals surface area contributed by atoms with Crippen LogP contribution in [-0.2, 0) is 6.54 Å². The van der Waals surface area contributed by atoms with Gasteiger partial charge in [0.15, 0.2) is 11.5 Å². The molecule has 0 saturated heterocycles. The summed E-state index contributed by atoms with van der Waals surface area (Å²) in [7, 11) is 3.44. The van der Waals surface area contributed by atoms with Gasteiger partial charge in [-0.1, -0.05) is 6.07 Å². The fourth-order valence-corrected chi connectivity index (χ4v) is 1.85. The van der Waals surface area contributed by atoms with Crippen molar-refractivity contribution in [2.75, 3.05) is 40.4 Å². The zero-order chi connectivity index (χ0) is 14.4. The Kier molecular flexibility index (Phi) is 5.06. The van der Waals surface area contributed by atoms with Crippen molar-refractivity contribution in [3.8, 4) is 11.5 Å². The molecule has 0 aromatic heterocycles. The lowest BCUT2D eigenvalue weighted by Gasteiger charge is -2.19. The third kappa shape index (κ3) is 4.03. The maximum Gasteiger partial charge on any atom is 0.316 e. The van der Waals surface area contributed by atoms with Crippen molar-refractivity contribution in [3.63, 3.8) is 0 Å². The minimum atomic E-state index is -0.0777. The number of urea groups is 1. The largest absolute Gasteiger partial charge is 0.486 e. The van der Waals surface area contributed by atoms with Crippen LogP contribution >= 0.6 is 0 Å². The van der Waals surface area contributed by atoms with Crippen molar-refractivity contribution >= 4 is 6.03 Å². The molecule has 0 radical (unpaired) electrons. The van der Waals surface area contributed by atoms with Crippen LogP contribution in [0, 0.1) is 0 Å². The second-order valence-electron chi connectivity index (χ2n) is 4.78. The van der Waals surface area contributed by atoms with E-state index in [0.717, 1.165) is 23.6 Å². The van der Waals surface area contributed by atoms with Gasteiger partial charge in [-0.15, -0.1) is 0 Å². The zero-order valence-electron chi connectivity index (χ0n) is 11.9. The standard InChI is InChI=1S/C14H21N3O3/c1-17(2)14(18)16-6-5-15-10-11-3-4-12-13(9-11)20-8-7-19-12/h3-4,9,15H,5-8,10H2,1-2H3,(H,16,18). The van der Waals surface area contributed by atoms with Gasteiger partial charge in [-0.25, -0.2) is 4.79 Å². The Morgan fingerprint density at radius 1 is 1.20 bits per heavy atom. The van der Waals surface area contributed by atoms with E-state index >= 15 is 0 Å². The Balaban J connectivity index is 1.70. The van der Waals surface area contributed by atoms with E-state index in [1.807, 2.05) is 18.2 Å². The van der Waals surface area contributed by atoms with Gasteiger partial charge < -0.3 is 25.0 Å². The third-order valence-corrected chi connectivity index (χ3v) is 2.92. The molecule has 0 fully saturated rings. The number of benzene rings is 1. The van der Waals surface area contributed by atoms with E-state index in [2.05, 4.69) is 10.6 Å². The van der Waals surface area contributed by atoms with Gasteiger partial charge in [0.2, 0.25) is 0 Å². The first-order valence-electron chi connectivity index (χ1n) is 6.71. The summed E-state index contributed by atoms with van der Waals surface area (Å²) in [6, 6.07) is 5.85. The summed E-state index contributed by atoms with van der Waals surface area (Å²) < 4.78 is 11.0. The molecule has 6 heteroatoms. The van der Waals surface area contributed by atoms with Gasteiger partial charge in [0.05, 0.1) is 0 Å². The number of carbonyl (C=O) groups is 1. The molecular formula is C14H21N3O3. The van der Waals surface area contributed by atoms with Crippen molar-refractivity contribution in [2.45, 2.75) is 6.54 Å². The number of nitrogens with one attached hydrogen (secondary N) is 2. The summed E-state index contributed by atoms with van der Waals surface area (Å²) in [6.07, 6.45) is 0. The number of nitrogens with zero attached hydrogens (tertiary/aromatic N) is 1. The third-order valence-electron chi connectivity index (χ3n) is 2.92. The van der Waals surface area contributed by atoms with Crippen LogP contribution in [0.4, 0.5) is 4.79 Å². The quantitative estimate of drug-likeness (QED) is 0.783. The fourth-order valence-electron chi connectivity index (χ4n) is 1.85. The Morgan fingerprint density at radius 3 is 2.70 bits per heavy atom. The normalized spacial score (nSPS) is 12.9. The molecule has 2 N–H and O–H groups in total. The average Bonchev–Trinajstić information content (AvgIpc) is 2.46. The van der Waals surface area contributed by atoms with E-state index in [0.29, 0.717) is 26.3 Å². The van der Waals surface area contributed by atoms with Gasteiger partial charge in [-0.2, -0.15) is 0 Å². The van der Waals surface area contributed by atoms with Crippen LogP contribution in [-0.4, -0.2) is 51.3 Å². The summed E-state index contributed by atoms with van der Waals surface area (Å²) in [5.74, 6) is 1.61. The van der Waals surface area contributed by atoms with Crippen LogP contribution in [0.3, 0.4) is 0 Å². The highest BCUT2D eigenvalue weighted by Gasteiger charge is 2.11. The second-order valence-corrected chi connectivity index (χ2v) is 4.78. The summed E-state index contributed by atoms with van der Waals surface area (Å²) in [5.41, 5.74) is 1.13. The Morgan fingerprint density at radius 2 is 1.95 bits per heavy atom. The zero-order valence-corrected chi connectivity index (χ0v) is 11.9. The van der Waals surface area contributed by atoms with Crippen LogP contribution in [0.5, 0.6) is 11.5 Å². The molecule has 0 atom stereocenters. The molecule has 110 valence electrons. The van der Waals surface area contributed by atoms with E-state index in [-0.39, 0.29) is 6.03 Å². The minimum Gasteiger partial charge on any atom is -0.486 e. The molecule has 0 bridgehead atoms. The van der Waals surface area contributed by atoms with Gasteiger partial charge >= 0.3 is 6.03 Å². The molecule has 1 aromatic rings. The highest BCUT2D eigenvalue weighted by Crippen LogP contribution is 2.30. The topological polar surface area (TPSA) is 62.8 Å². The van der Waals surface area contributed by atoms with Crippen LogP contribution in [0.2, 0.25) is 0 Å². The molecule has 2 rings (SSSR count). The van der Waals surface area contributed by atoms with Gasteiger partial charge in [0.1, 0.15) is 13.2 Å². The number of rotatable bonds is 5. The molecule has 1 aliphatic heterocycles. The molecule has 6 nitrogen and oxygen atoms in total. The first-order chi connectivity index (χ1) is 9.66. The molecule has 2 amide bonds. The van der Waals surface area contributed by atoms with Crippen LogP contribution in [0.15, 0.2) is 18.2 Å². The van der Waals surface area contributed by atoms with Crippen LogP contribution in [0.25, 0.3) is 0 Å². The average molecular weight is 279 g/mol. The minimum absolute atomic E-state index is 0.0777. The highest BCUT2D eigenvalue weighted by atomic mass is 16.6. The number of fused-ring (bicyclic) bond motifs is 1. The molecule has 1 aliphatic rings. The number of hydrogen-bond acceptors (Lipinski definition) is 4. The summed E-state index contributed by atoms with van der Waals surface area (Å²) in [5, 5.41) is 6.07. The molecule has 0 saturated carbocycles. The molecule has 0 spiro atoms. The smallest absolute Gasteiger partial charge is 0.316 e. The van der Waals surface area contributed by atoms with Crippen molar-refractivity contribution in [1.29, 1.82) is 0 Å². The Labute approximate surface area is 119 Å². The van der Waals surface area contributed by atoms with Crippen molar-refractivity contribution in [3.05, 3.63) is 23.8 Å². The Bertz CT molecular complexity index is 463. The van der Waals surface area contributed by atoms with E-state index in [1.54, 1.807) is 14.1 Å². The SMILES string of the molecule is CN(C)C(=O)NCCNCc1ccc2c(c1)OCCO2. The van der Waals surface area contributed by atoms with Crippen LogP contribution in [0.1, 0.15) is 5.56 Å². The van der Waals surface area contributed by atoms with Crippen LogP contribution < -0.4 is 20.1 Å². The first-order valence-corrected chi connectivity index (χ1v) is 6.71. The van der Waals surface area contributed by atoms with Gasteiger partial charge in [-0.3, -0.25) is 0 Å². The lowest BCUT2D eigenvalue weighted by atomic mass is 10.2. The van der Waals surface area contributed by atoms with Crippen molar-refractivity contribution in [1.82, 2.24) is 15.5 Å². The van der Waals surface area contributed by atoms with Gasteiger partial charge in [0, 0.05) is 33.7 Å². The van der Waals surface area contributed by atoms with E-state index in [4.69, 9.17) is 9.47 Å². The predicted molar refractivity (Wildman–Crippen MR) is 76.2 cm³/mol. The van der Waals surface area contributed by atoms with E-state index < -0.39 is 0 Å². The maximum absolute atomic E-state index is 11.3. The van der Waals surface area contributed by atoms with Crippen molar-refractivity contribution < 1.29 is 14.3 Å². The number of carbonyl (C=O) groups excluding carboxylic acids is 1. The van der Waals surface area contributed by atoms with Gasteiger partial charge in [0.25, 0.3) is 0 Å². The van der Waals surface area contributed by atoms with Gasteiger partial charge in [-0.05, 0) is 17.7 Å². The lowest BCUT2D eigenvalue weighted by molar-refractivity contribution is 0.171. The highest BCUT2D eigenvalue weighted by molar-refractivity contribution is 5.73. The fraction of sp³-hybridized carbons (Fsp3) is 0.500. The molecule has 1 aromatic carbocycles. The number of amides is 2. The molecular weight excluding hydrogens is 258 g/mol. The monoisotopic (exact) mass is 279 g/mol. The number of hydrogen-bond donors (Lipinski definition) is 2. The maximum atomic E-state index is 11.3. The molecule has 0 aliphatic carbocycles. The van der Waals surface area contributed by atoms with E-state index in [1.165, 1.54) is 4.90 Å². The van der Waals surface area contributed by atoms with E-state index in [9.17, 15) is 4.79 Å². The second kappa shape index (κ2) is 7.00. The molecule has 0 unspecified atom stereocenters. The lowest BCUT2D eigenvalue weighted by Crippen LogP contribution is -2.38. The first kappa shape index (κ1) is 14.5. The van der Waals surface area contributed by atoms with Crippen molar-refractivity contribution in [2.24, 2.45) is 0 Å². The summed E-state index contributed by atoms with van der Waals surface area (Å²) >= 11 is 0. The molecule has 20 heavy (non-hydrogen) atoms.